The maximum atomic E-state index is 13.4. The lowest BCUT2D eigenvalue weighted by atomic mass is 10.1. The summed E-state index contributed by atoms with van der Waals surface area (Å²) in [5, 5.41) is 13.5. The van der Waals surface area contributed by atoms with Crippen molar-refractivity contribution in [1.82, 2.24) is 0 Å². The van der Waals surface area contributed by atoms with Gasteiger partial charge in [0.1, 0.15) is 5.82 Å². The maximum Gasteiger partial charge on any atom is 0.274 e. The van der Waals surface area contributed by atoms with Crippen molar-refractivity contribution >= 4 is 11.4 Å². The average Bonchev–Trinajstić information content (AvgIpc) is 2.42. The summed E-state index contributed by atoms with van der Waals surface area (Å²) >= 11 is 0. The minimum atomic E-state index is -1.26. The van der Waals surface area contributed by atoms with Crippen LogP contribution in [0.25, 0.3) is 0 Å². The van der Waals surface area contributed by atoms with Gasteiger partial charge in [0, 0.05) is 35.5 Å². The molecule has 0 saturated carbocycles. The number of benzene rings is 2. The van der Waals surface area contributed by atoms with Crippen LogP contribution in [-0.4, -0.2) is 4.92 Å². The smallest absolute Gasteiger partial charge is 0.274 e. The molecule has 0 aliphatic carbocycles. The lowest BCUT2D eigenvalue weighted by molar-refractivity contribution is -0.385. The number of nitro benzene ring substituents is 1. The minimum Gasteiger partial charge on any atom is -0.381 e. The van der Waals surface area contributed by atoms with E-state index in [2.05, 4.69) is 5.32 Å². The Morgan fingerprint density at radius 1 is 1.10 bits per heavy atom. The molecule has 21 heavy (non-hydrogen) atoms. The van der Waals surface area contributed by atoms with Gasteiger partial charge in [-0.1, -0.05) is 6.07 Å². The van der Waals surface area contributed by atoms with E-state index in [1.807, 2.05) is 0 Å². The van der Waals surface area contributed by atoms with E-state index in [1.54, 1.807) is 19.1 Å². The summed E-state index contributed by atoms with van der Waals surface area (Å²) in [5.41, 5.74) is 0.726. The summed E-state index contributed by atoms with van der Waals surface area (Å²) in [7, 11) is 0. The Morgan fingerprint density at radius 3 is 2.43 bits per heavy atom. The summed E-state index contributed by atoms with van der Waals surface area (Å²) in [5.74, 6) is -3.30. The van der Waals surface area contributed by atoms with E-state index in [0.29, 0.717) is 17.3 Å². The summed E-state index contributed by atoms with van der Waals surface area (Å²) < 4.78 is 39.3. The molecule has 2 aromatic rings. The van der Waals surface area contributed by atoms with E-state index in [4.69, 9.17) is 0 Å². The highest BCUT2D eigenvalue weighted by molar-refractivity contribution is 5.55. The zero-order valence-corrected chi connectivity index (χ0v) is 11.0. The maximum absolute atomic E-state index is 13.4. The van der Waals surface area contributed by atoms with Crippen LogP contribution in [0.1, 0.15) is 11.1 Å². The first-order chi connectivity index (χ1) is 9.88. The number of anilines is 1. The third-order valence-corrected chi connectivity index (χ3v) is 2.98. The fourth-order valence-corrected chi connectivity index (χ4v) is 1.81. The number of nitrogens with one attached hydrogen (secondary N) is 1. The molecule has 0 aliphatic heterocycles. The molecule has 0 unspecified atom stereocenters. The lowest BCUT2D eigenvalue weighted by Gasteiger charge is -2.08. The Balaban J connectivity index is 2.19. The van der Waals surface area contributed by atoms with Crippen molar-refractivity contribution in [2.75, 3.05) is 5.32 Å². The second-order valence-electron chi connectivity index (χ2n) is 4.47. The third kappa shape index (κ3) is 3.31. The number of nitro groups is 1. The fraction of sp³-hybridized carbons (Fsp3) is 0.143. The molecule has 110 valence electrons. The van der Waals surface area contributed by atoms with Crippen molar-refractivity contribution in [3.05, 3.63) is 69.0 Å². The van der Waals surface area contributed by atoms with Crippen molar-refractivity contribution in [1.29, 1.82) is 0 Å². The minimum absolute atomic E-state index is 0.0721. The number of nitrogens with zero attached hydrogens (tertiary/aromatic N) is 1. The van der Waals surface area contributed by atoms with Crippen molar-refractivity contribution in [3.8, 4) is 0 Å². The van der Waals surface area contributed by atoms with Crippen LogP contribution in [-0.2, 0) is 6.54 Å². The van der Waals surface area contributed by atoms with Crippen molar-refractivity contribution < 1.29 is 18.1 Å². The number of hydrogen-bond donors (Lipinski definition) is 1. The summed E-state index contributed by atoms with van der Waals surface area (Å²) in [6.07, 6.45) is 0. The Bertz CT molecular complexity index is 705. The normalized spacial score (nSPS) is 10.5. The van der Waals surface area contributed by atoms with Crippen LogP contribution in [0, 0.1) is 34.5 Å². The molecule has 7 heteroatoms. The molecule has 0 bridgehead atoms. The molecule has 0 aromatic heterocycles. The first kappa shape index (κ1) is 14.8. The molecule has 4 nitrogen and oxygen atoms in total. The molecule has 2 rings (SSSR count). The van der Waals surface area contributed by atoms with Gasteiger partial charge in [-0.2, -0.15) is 0 Å². The topological polar surface area (TPSA) is 55.2 Å². The first-order valence-electron chi connectivity index (χ1n) is 6.01. The second kappa shape index (κ2) is 5.82. The van der Waals surface area contributed by atoms with Gasteiger partial charge in [-0.15, -0.1) is 0 Å². The number of halogens is 3. The molecule has 2 aromatic carbocycles. The Kier molecular flexibility index (Phi) is 4.11. The molecule has 0 fully saturated rings. The quantitative estimate of drug-likeness (QED) is 0.528. The number of hydrogen-bond acceptors (Lipinski definition) is 3. The van der Waals surface area contributed by atoms with Gasteiger partial charge in [-0.05, 0) is 19.1 Å². The zero-order chi connectivity index (χ0) is 15.6. The highest BCUT2D eigenvalue weighted by atomic mass is 19.2. The van der Waals surface area contributed by atoms with Gasteiger partial charge in [0.2, 0.25) is 0 Å². The molecule has 0 saturated heterocycles. The van der Waals surface area contributed by atoms with E-state index >= 15 is 0 Å². The van der Waals surface area contributed by atoms with Crippen LogP contribution < -0.4 is 5.32 Å². The van der Waals surface area contributed by atoms with Crippen molar-refractivity contribution in [3.63, 3.8) is 0 Å². The van der Waals surface area contributed by atoms with Crippen LogP contribution >= 0.6 is 0 Å². The van der Waals surface area contributed by atoms with Crippen LogP contribution in [0.4, 0.5) is 24.5 Å². The van der Waals surface area contributed by atoms with E-state index in [1.165, 1.54) is 6.07 Å². The van der Waals surface area contributed by atoms with Gasteiger partial charge >= 0.3 is 0 Å². The molecule has 0 amide bonds. The standard InChI is InChI=1S/C14H11F3N2O2/c1-8-2-3-10(5-14(8)19(20)21)18-7-9-4-12(16)13(17)6-11(9)15/h2-6,18H,7H2,1H3. The van der Waals surface area contributed by atoms with Gasteiger partial charge in [-0.3, -0.25) is 10.1 Å². The monoisotopic (exact) mass is 296 g/mol. The van der Waals surface area contributed by atoms with Gasteiger partial charge in [0.25, 0.3) is 5.69 Å². The molecule has 1 N–H and O–H groups in total. The predicted octanol–water partition coefficient (Wildman–Crippen LogP) is 3.93. The summed E-state index contributed by atoms with van der Waals surface area (Å²) in [6.45, 7) is 1.47. The molecule has 0 aliphatic rings. The van der Waals surface area contributed by atoms with Gasteiger partial charge in [0.15, 0.2) is 11.6 Å². The number of aryl methyl sites for hydroxylation is 1. The van der Waals surface area contributed by atoms with Gasteiger partial charge in [0.05, 0.1) is 4.92 Å². The summed E-state index contributed by atoms with van der Waals surface area (Å²) in [4.78, 5) is 10.3. The Morgan fingerprint density at radius 2 is 1.76 bits per heavy atom. The predicted molar refractivity (Wildman–Crippen MR) is 71.5 cm³/mol. The zero-order valence-electron chi connectivity index (χ0n) is 11.0. The molecular formula is C14H11F3N2O2. The molecule has 0 radical (unpaired) electrons. The van der Waals surface area contributed by atoms with Crippen LogP contribution in [0.15, 0.2) is 30.3 Å². The lowest BCUT2D eigenvalue weighted by Crippen LogP contribution is -2.04. The van der Waals surface area contributed by atoms with E-state index in [9.17, 15) is 23.3 Å². The van der Waals surface area contributed by atoms with Crippen molar-refractivity contribution in [2.45, 2.75) is 13.5 Å². The fourth-order valence-electron chi connectivity index (χ4n) is 1.81. The molecule has 0 spiro atoms. The van der Waals surface area contributed by atoms with Crippen LogP contribution in [0.2, 0.25) is 0 Å². The largest absolute Gasteiger partial charge is 0.381 e. The second-order valence-corrected chi connectivity index (χ2v) is 4.47. The van der Waals surface area contributed by atoms with E-state index in [0.717, 1.165) is 6.07 Å². The van der Waals surface area contributed by atoms with Gasteiger partial charge < -0.3 is 5.32 Å². The Hall–Kier alpha value is -2.57. The highest BCUT2D eigenvalue weighted by Crippen LogP contribution is 2.23. The average molecular weight is 296 g/mol. The SMILES string of the molecule is Cc1ccc(NCc2cc(F)c(F)cc2F)cc1[N+](=O)[O-]. The van der Waals surface area contributed by atoms with E-state index in [-0.39, 0.29) is 17.8 Å². The third-order valence-electron chi connectivity index (χ3n) is 2.98. The van der Waals surface area contributed by atoms with Crippen LogP contribution in [0.5, 0.6) is 0 Å². The number of rotatable bonds is 4. The van der Waals surface area contributed by atoms with Gasteiger partial charge in [-0.25, -0.2) is 13.2 Å². The summed E-state index contributed by atoms with van der Waals surface area (Å²) in [6, 6.07) is 5.64. The highest BCUT2D eigenvalue weighted by Gasteiger charge is 2.12. The molecule has 0 atom stereocenters. The van der Waals surface area contributed by atoms with E-state index < -0.39 is 22.4 Å². The molecular weight excluding hydrogens is 285 g/mol. The Labute approximate surface area is 118 Å². The molecule has 0 heterocycles. The van der Waals surface area contributed by atoms with Crippen molar-refractivity contribution in [2.24, 2.45) is 0 Å². The first-order valence-corrected chi connectivity index (χ1v) is 6.01. The van der Waals surface area contributed by atoms with Crippen LogP contribution in [0.3, 0.4) is 0 Å².